The normalized spacial score (nSPS) is 14.2. The van der Waals surface area contributed by atoms with Gasteiger partial charge >= 0.3 is 0 Å². The SMILES string of the molecule is COc1cccc(CN2C(=O)C=CC2=O)c1OC. The highest BCUT2D eigenvalue weighted by atomic mass is 16.5. The molecule has 94 valence electrons. The van der Waals surface area contributed by atoms with E-state index in [1.165, 1.54) is 26.4 Å². The molecule has 0 fully saturated rings. The summed E-state index contributed by atoms with van der Waals surface area (Å²) in [5.74, 6) is 0.476. The molecule has 0 spiro atoms. The summed E-state index contributed by atoms with van der Waals surface area (Å²) in [4.78, 5) is 24.1. The zero-order chi connectivity index (χ0) is 13.1. The van der Waals surface area contributed by atoms with E-state index < -0.39 is 0 Å². The molecule has 0 saturated carbocycles. The summed E-state index contributed by atoms with van der Waals surface area (Å²) in [5, 5.41) is 0. The van der Waals surface area contributed by atoms with Gasteiger partial charge in [-0.05, 0) is 6.07 Å². The van der Waals surface area contributed by atoms with Crippen molar-refractivity contribution in [3.63, 3.8) is 0 Å². The number of hydrogen-bond donors (Lipinski definition) is 0. The number of imide groups is 1. The Labute approximate surface area is 105 Å². The standard InChI is InChI=1S/C13H13NO4/c1-17-10-5-3-4-9(13(10)18-2)8-14-11(15)6-7-12(14)16/h3-7H,8H2,1-2H3. The van der Waals surface area contributed by atoms with E-state index >= 15 is 0 Å². The van der Waals surface area contributed by atoms with Gasteiger partial charge in [-0.1, -0.05) is 12.1 Å². The van der Waals surface area contributed by atoms with Crippen LogP contribution < -0.4 is 9.47 Å². The second kappa shape index (κ2) is 4.91. The highest BCUT2D eigenvalue weighted by molar-refractivity contribution is 6.12. The van der Waals surface area contributed by atoms with Crippen molar-refractivity contribution in [2.24, 2.45) is 0 Å². The minimum atomic E-state index is -0.315. The molecule has 0 N–H and O–H groups in total. The number of carbonyl (C=O) groups excluding carboxylic acids is 2. The second-order valence-corrected chi connectivity index (χ2v) is 3.75. The molecule has 0 bridgehead atoms. The molecule has 1 aromatic carbocycles. The molecular weight excluding hydrogens is 234 g/mol. The monoisotopic (exact) mass is 247 g/mol. The Kier molecular flexibility index (Phi) is 3.32. The van der Waals surface area contributed by atoms with Crippen molar-refractivity contribution in [1.82, 2.24) is 4.90 Å². The molecule has 18 heavy (non-hydrogen) atoms. The molecule has 5 heteroatoms. The first-order chi connectivity index (χ1) is 8.67. The van der Waals surface area contributed by atoms with Crippen LogP contribution in [0, 0.1) is 0 Å². The fraction of sp³-hybridized carbons (Fsp3) is 0.231. The molecule has 0 aromatic heterocycles. The highest BCUT2D eigenvalue weighted by Crippen LogP contribution is 2.31. The van der Waals surface area contributed by atoms with E-state index in [-0.39, 0.29) is 18.4 Å². The third kappa shape index (κ3) is 2.07. The average molecular weight is 247 g/mol. The van der Waals surface area contributed by atoms with Gasteiger partial charge in [0.2, 0.25) is 0 Å². The van der Waals surface area contributed by atoms with E-state index in [2.05, 4.69) is 0 Å². The largest absolute Gasteiger partial charge is 0.493 e. The summed E-state index contributed by atoms with van der Waals surface area (Å²) in [6.07, 6.45) is 2.52. The first-order valence-corrected chi connectivity index (χ1v) is 5.40. The van der Waals surface area contributed by atoms with Gasteiger partial charge < -0.3 is 9.47 Å². The molecule has 0 atom stereocenters. The maximum Gasteiger partial charge on any atom is 0.253 e. The van der Waals surface area contributed by atoms with Gasteiger partial charge in [0, 0.05) is 17.7 Å². The van der Waals surface area contributed by atoms with Crippen LogP contribution in [0.4, 0.5) is 0 Å². The Hall–Kier alpha value is -2.30. The highest BCUT2D eigenvalue weighted by Gasteiger charge is 2.25. The molecule has 0 unspecified atom stereocenters. The minimum absolute atomic E-state index is 0.172. The zero-order valence-electron chi connectivity index (χ0n) is 10.2. The molecule has 0 aliphatic carbocycles. The minimum Gasteiger partial charge on any atom is -0.493 e. The third-order valence-electron chi connectivity index (χ3n) is 2.71. The number of carbonyl (C=O) groups is 2. The number of methoxy groups -OCH3 is 2. The van der Waals surface area contributed by atoms with Crippen molar-refractivity contribution in [2.45, 2.75) is 6.54 Å². The average Bonchev–Trinajstić information content (AvgIpc) is 2.70. The molecule has 1 heterocycles. The summed E-state index contributed by atoms with van der Waals surface area (Å²) < 4.78 is 10.4. The van der Waals surface area contributed by atoms with E-state index in [0.717, 1.165) is 10.5 Å². The number of hydrogen-bond acceptors (Lipinski definition) is 4. The van der Waals surface area contributed by atoms with Crippen LogP contribution in [-0.4, -0.2) is 30.9 Å². The molecule has 0 radical (unpaired) electrons. The lowest BCUT2D eigenvalue weighted by Crippen LogP contribution is -2.29. The van der Waals surface area contributed by atoms with Gasteiger partial charge in [-0.3, -0.25) is 14.5 Å². The Morgan fingerprint density at radius 1 is 1.06 bits per heavy atom. The molecule has 1 aliphatic heterocycles. The predicted octanol–water partition coefficient (Wildman–Crippen LogP) is 1.13. The smallest absolute Gasteiger partial charge is 0.253 e. The van der Waals surface area contributed by atoms with Crippen LogP contribution in [0.1, 0.15) is 5.56 Å². The first-order valence-electron chi connectivity index (χ1n) is 5.40. The van der Waals surface area contributed by atoms with Gasteiger partial charge in [0.15, 0.2) is 11.5 Å². The summed E-state index contributed by atoms with van der Waals surface area (Å²) in [7, 11) is 3.06. The van der Waals surface area contributed by atoms with Crippen LogP contribution in [0.15, 0.2) is 30.4 Å². The van der Waals surface area contributed by atoms with Crippen LogP contribution >= 0.6 is 0 Å². The van der Waals surface area contributed by atoms with Crippen molar-refractivity contribution in [3.8, 4) is 11.5 Å². The van der Waals surface area contributed by atoms with Gasteiger partial charge in [0.05, 0.1) is 20.8 Å². The molecule has 2 amide bonds. The Balaban J connectivity index is 2.29. The van der Waals surface area contributed by atoms with Gasteiger partial charge in [-0.25, -0.2) is 0 Å². The van der Waals surface area contributed by atoms with E-state index in [1.807, 2.05) is 0 Å². The maximum absolute atomic E-state index is 11.5. The van der Waals surface area contributed by atoms with E-state index in [1.54, 1.807) is 18.2 Å². The molecule has 1 aromatic rings. The topological polar surface area (TPSA) is 55.8 Å². The van der Waals surface area contributed by atoms with Crippen molar-refractivity contribution in [1.29, 1.82) is 0 Å². The van der Waals surface area contributed by atoms with Crippen molar-refractivity contribution in [2.75, 3.05) is 14.2 Å². The number of rotatable bonds is 4. The van der Waals surface area contributed by atoms with E-state index in [0.29, 0.717) is 11.5 Å². The summed E-state index contributed by atoms with van der Waals surface area (Å²) in [5.41, 5.74) is 0.724. The fourth-order valence-electron chi connectivity index (χ4n) is 1.84. The summed E-state index contributed by atoms with van der Waals surface area (Å²) in [6.45, 7) is 0.172. The quantitative estimate of drug-likeness (QED) is 0.748. The molecule has 2 rings (SSSR count). The van der Waals surface area contributed by atoms with Crippen LogP contribution in [-0.2, 0) is 16.1 Å². The van der Waals surface area contributed by atoms with Crippen molar-refractivity contribution < 1.29 is 19.1 Å². The maximum atomic E-state index is 11.5. The molecular formula is C13H13NO4. The predicted molar refractivity (Wildman–Crippen MR) is 64.2 cm³/mol. The Bertz CT molecular complexity index is 504. The molecule has 5 nitrogen and oxygen atoms in total. The molecule has 0 saturated heterocycles. The summed E-state index contributed by atoms with van der Waals surface area (Å²) >= 11 is 0. The van der Waals surface area contributed by atoms with Crippen LogP contribution in [0.2, 0.25) is 0 Å². The van der Waals surface area contributed by atoms with Crippen molar-refractivity contribution in [3.05, 3.63) is 35.9 Å². The number of ether oxygens (including phenoxy) is 2. The van der Waals surface area contributed by atoms with Gasteiger partial charge in [-0.15, -0.1) is 0 Å². The van der Waals surface area contributed by atoms with Crippen LogP contribution in [0.3, 0.4) is 0 Å². The van der Waals surface area contributed by atoms with Gasteiger partial charge in [-0.2, -0.15) is 0 Å². The van der Waals surface area contributed by atoms with E-state index in [9.17, 15) is 9.59 Å². The zero-order valence-corrected chi connectivity index (χ0v) is 10.2. The van der Waals surface area contributed by atoms with Gasteiger partial charge in [0.25, 0.3) is 11.8 Å². The Morgan fingerprint density at radius 2 is 1.72 bits per heavy atom. The van der Waals surface area contributed by atoms with Crippen molar-refractivity contribution >= 4 is 11.8 Å². The van der Waals surface area contributed by atoms with Crippen LogP contribution in [0.25, 0.3) is 0 Å². The summed E-state index contributed by atoms with van der Waals surface area (Å²) in [6, 6.07) is 5.34. The second-order valence-electron chi connectivity index (χ2n) is 3.75. The Morgan fingerprint density at radius 3 is 2.28 bits per heavy atom. The fourth-order valence-corrected chi connectivity index (χ4v) is 1.84. The molecule has 1 aliphatic rings. The number of benzene rings is 1. The first kappa shape index (κ1) is 12.2. The van der Waals surface area contributed by atoms with Crippen LogP contribution in [0.5, 0.6) is 11.5 Å². The third-order valence-corrected chi connectivity index (χ3v) is 2.71. The van der Waals surface area contributed by atoms with E-state index in [4.69, 9.17) is 9.47 Å². The number of para-hydroxylation sites is 1. The lowest BCUT2D eigenvalue weighted by atomic mass is 10.1. The number of nitrogens with zero attached hydrogens (tertiary/aromatic N) is 1. The number of amides is 2. The lowest BCUT2D eigenvalue weighted by molar-refractivity contribution is -0.137. The lowest BCUT2D eigenvalue weighted by Gasteiger charge is -2.17. The van der Waals surface area contributed by atoms with Gasteiger partial charge in [0.1, 0.15) is 0 Å².